The summed E-state index contributed by atoms with van der Waals surface area (Å²) in [5, 5.41) is 8.84. The summed E-state index contributed by atoms with van der Waals surface area (Å²) in [5.41, 5.74) is 1.15. The number of thiophene rings is 1. The molecular formula is C19H28IN3O2S. The minimum absolute atomic E-state index is 0. The maximum Gasteiger partial charge on any atom is 0.191 e. The van der Waals surface area contributed by atoms with Crippen LogP contribution in [0.4, 0.5) is 0 Å². The zero-order chi connectivity index (χ0) is 17.9. The molecule has 144 valence electrons. The Labute approximate surface area is 177 Å². The molecule has 1 unspecified atom stereocenters. The second-order valence-electron chi connectivity index (χ2n) is 5.65. The summed E-state index contributed by atoms with van der Waals surface area (Å²) in [6, 6.07) is 12.5. The Bertz CT molecular complexity index is 650. The Kier molecular flexibility index (Phi) is 11.3. The van der Waals surface area contributed by atoms with Crippen molar-refractivity contribution in [2.24, 2.45) is 4.99 Å². The number of aliphatic imine (C=N–C) groups is 1. The summed E-state index contributed by atoms with van der Waals surface area (Å²) in [6.07, 6.45) is 0.885. The van der Waals surface area contributed by atoms with Crippen LogP contribution in [0.25, 0.3) is 0 Å². The van der Waals surface area contributed by atoms with Gasteiger partial charge in [-0.05, 0) is 36.1 Å². The number of halogens is 1. The minimum Gasteiger partial charge on any atom is -0.493 e. The molecule has 1 atom stereocenters. The Hall–Kier alpha value is -1.32. The Morgan fingerprint density at radius 2 is 2.08 bits per heavy atom. The van der Waals surface area contributed by atoms with Crippen molar-refractivity contribution in [2.45, 2.75) is 25.9 Å². The van der Waals surface area contributed by atoms with Crippen LogP contribution in [-0.4, -0.2) is 33.3 Å². The Morgan fingerprint density at radius 1 is 1.23 bits per heavy atom. The Balaban J connectivity index is 0.00000338. The predicted molar refractivity (Wildman–Crippen MR) is 120 cm³/mol. The number of hydrogen-bond acceptors (Lipinski definition) is 4. The number of rotatable bonds is 9. The topological polar surface area (TPSA) is 54.9 Å². The average Bonchev–Trinajstić information content (AvgIpc) is 3.17. The van der Waals surface area contributed by atoms with Crippen LogP contribution in [0.3, 0.4) is 0 Å². The number of nitrogens with one attached hydrogen (secondary N) is 2. The van der Waals surface area contributed by atoms with E-state index >= 15 is 0 Å². The molecule has 0 radical (unpaired) electrons. The summed E-state index contributed by atoms with van der Waals surface area (Å²) in [4.78, 5) is 5.59. The molecule has 0 amide bonds. The molecule has 2 aromatic rings. The Morgan fingerprint density at radius 3 is 2.77 bits per heavy atom. The number of methoxy groups -OCH3 is 1. The van der Waals surface area contributed by atoms with E-state index in [9.17, 15) is 0 Å². The lowest BCUT2D eigenvalue weighted by molar-refractivity contribution is 0.172. The zero-order valence-corrected chi connectivity index (χ0v) is 18.7. The fourth-order valence-corrected chi connectivity index (χ4v) is 3.07. The quantitative estimate of drug-likeness (QED) is 0.240. The molecule has 1 aromatic heterocycles. The summed E-state index contributed by atoms with van der Waals surface area (Å²) in [7, 11) is 3.48. The lowest BCUT2D eigenvalue weighted by Gasteiger charge is -2.17. The van der Waals surface area contributed by atoms with Gasteiger partial charge < -0.3 is 20.1 Å². The monoisotopic (exact) mass is 489 g/mol. The summed E-state index contributed by atoms with van der Waals surface area (Å²) >= 11 is 1.74. The maximum atomic E-state index is 5.74. The number of ether oxygens (including phenoxy) is 2. The van der Waals surface area contributed by atoms with Gasteiger partial charge in [0.05, 0.1) is 12.6 Å². The molecule has 0 saturated carbocycles. The molecule has 0 saturated heterocycles. The zero-order valence-electron chi connectivity index (χ0n) is 15.5. The maximum absolute atomic E-state index is 5.74. The summed E-state index contributed by atoms with van der Waals surface area (Å²) in [6.45, 7) is 4.19. The summed E-state index contributed by atoms with van der Waals surface area (Å²) in [5.74, 6) is 1.66. The first-order valence-electron chi connectivity index (χ1n) is 8.44. The van der Waals surface area contributed by atoms with E-state index in [0.29, 0.717) is 19.8 Å². The second kappa shape index (κ2) is 12.9. The molecule has 7 heteroatoms. The van der Waals surface area contributed by atoms with E-state index in [1.54, 1.807) is 25.5 Å². The van der Waals surface area contributed by atoms with Crippen molar-refractivity contribution in [3.05, 3.63) is 52.2 Å². The van der Waals surface area contributed by atoms with E-state index in [1.165, 1.54) is 4.88 Å². The molecule has 0 aliphatic carbocycles. The molecule has 26 heavy (non-hydrogen) atoms. The second-order valence-corrected chi connectivity index (χ2v) is 6.63. The molecule has 0 bridgehead atoms. The van der Waals surface area contributed by atoms with Gasteiger partial charge in [0.2, 0.25) is 0 Å². The van der Waals surface area contributed by atoms with Crippen molar-refractivity contribution >= 4 is 41.3 Å². The first kappa shape index (κ1) is 22.7. The van der Waals surface area contributed by atoms with Crippen LogP contribution in [-0.2, 0) is 11.3 Å². The van der Waals surface area contributed by atoms with Gasteiger partial charge in [-0.2, -0.15) is 0 Å². The van der Waals surface area contributed by atoms with Crippen LogP contribution < -0.4 is 15.4 Å². The van der Waals surface area contributed by atoms with Gasteiger partial charge in [0, 0.05) is 38.6 Å². The molecule has 1 aromatic carbocycles. The van der Waals surface area contributed by atoms with Crippen molar-refractivity contribution in [3.63, 3.8) is 0 Å². The first-order valence-corrected chi connectivity index (χ1v) is 9.32. The van der Waals surface area contributed by atoms with Crippen LogP contribution >= 0.6 is 35.3 Å². The van der Waals surface area contributed by atoms with E-state index < -0.39 is 0 Å². The van der Waals surface area contributed by atoms with Crippen LogP contribution in [0.15, 0.2) is 46.8 Å². The molecule has 0 aliphatic heterocycles. The van der Waals surface area contributed by atoms with Crippen molar-refractivity contribution < 1.29 is 9.47 Å². The number of hydrogen-bond donors (Lipinski definition) is 2. The number of benzene rings is 1. The minimum atomic E-state index is 0. The largest absolute Gasteiger partial charge is 0.493 e. The smallest absolute Gasteiger partial charge is 0.191 e. The van der Waals surface area contributed by atoms with Gasteiger partial charge in [0.25, 0.3) is 0 Å². The first-order chi connectivity index (χ1) is 12.2. The third-order valence-electron chi connectivity index (χ3n) is 3.67. The van der Waals surface area contributed by atoms with Gasteiger partial charge in [0.1, 0.15) is 5.75 Å². The molecule has 2 N–H and O–H groups in total. The molecule has 0 spiro atoms. The van der Waals surface area contributed by atoms with E-state index in [4.69, 9.17) is 9.47 Å². The van der Waals surface area contributed by atoms with E-state index in [-0.39, 0.29) is 30.0 Å². The van der Waals surface area contributed by atoms with Gasteiger partial charge in [-0.25, -0.2) is 0 Å². The van der Waals surface area contributed by atoms with Gasteiger partial charge in [-0.15, -0.1) is 35.3 Å². The van der Waals surface area contributed by atoms with E-state index in [0.717, 1.165) is 23.7 Å². The standard InChI is InChI=1S/C19H27N3O2S.HI/c1-15(18-9-5-12-25-18)22-19(20-2)21-14-16-7-4-8-17(13-16)24-11-6-10-23-3;/h4-5,7-9,12-13,15H,6,10-11,14H2,1-3H3,(H2,20,21,22);1H. The normalized spacial score (nSPS) is 12.2. The van der Waals surface area contributed by atoms with Crippen LogP contribution in [0.1, 0.15) is 29.8 Å². The number of guanidine groups is 1. The third-order valence-corrected chi connectivity index (χ3v) is 4.72. The predicted octanol–water partition coefficient (Wildman–Crippen LogP) is 4.21. The van der Waals surface area contributed by atoms with Gasteiger partial charge in [-0.1, -0.05) is 18.2 Å². The molecule has 0 fully saturated rings. The van der Waals surface area contributed by atoms with Crippen molar-refractivity contribution in [3.8, 4) is 5.75 Å². The van der Waals surface area contributed by atoms with Crippen LogP contribution in [0.5, 0.6) is 5.75 Å². The lowest BCUT2D eigenvalue weighted by Crippen LogP contribution is -2.38. The molecule has 2 rings (SSSR count). The molecule has 5 nitrogen and oxygen atoms in total. The van der Waals surface area contributed by atoms with Crippen molar-refractivity contribution in [2.75, 3.05) is 27.4 Å². The highest BCUT2D eigenvalue weighted by atomic mass is 127. The van der Waals surface area contributed by atoms with E-state index in [1.807, 2.05) is 12.1 Å². The highest BCUT2D eigenvalue weighted by Gasteiger charge is 2.08. The molecular weight excluding hydrogens is 461 g/mol. The van der Waals surface area contributed by atoms with Gasteiger partial charge >= 0.3 is 0 Å². The highest BCUT2D eigenvalue weighted by molar-refractivity contribution is 14.0. The van der Waals surface area contributed by atoms with Crippen LogP contribution in [0.2, 0.25) is 0 Å². The van der Waals surface area contributed by atoms with Crippen molar-refractivity contribution in [1.29, 1.82) is 0 Å². The van der Waals surface area contributed by atoms with Crippen molar-refractivity contribution in [1.82, 2.24) is 10.6 Å². The van der Waals surface area contributed by atoms with E-state index in [2.05, 4.69) is 52.2 Å². The van der Waals surface area contributed by atoms with Gasteiger partial charge in [0.15, 0.2) is 5.96 Å². The summed E-state index contributed by atoms with van der Waals surface area (Å²) < 4.78 is 10.8. The fourth-order valence-electron chi connectivity index (χ4n) is 2.33. The van der Waals surface area contributed by atoms with Gasteiger partial charge in [-0.3, -0.25) is 4.99 Å². The highest BCUT2D eigenvalue weighted by Crippen LogP contribution is 2.18. The third kappa shape index (κ3) is 7.92. The molecule has 0 aliphatic rings. The number of nitrogens with zero attached hydrogens (tertiary/aromatic N) is 1. The molecule has 1 heterocycles. The SMILES string of the molecule is CN=C(NCc1cccc(OCCCOC)c1)NC(C)c1cccs1.I. The fraction of sp³-hybridized carbons (Fsp3) is 0.421. The van der Waals surface area contributed by atoms with Crippen LogP contribution in [0, 0.1) is 0 Å². The lowest BCUT2D eigenvalue weighted by atomic mass is 10.2. The average molecular weight is 489 g/mol.